The molecule has 2 amide bonds. The van der Waals surface area contributed by atoms with Crippen molar-refractivity contribution in [3.63, 3.8) is 0 Å². The molecule has 0 aliphatic heterocycles. The number of ketones is 2. The van der Waals surface area contributed by atoms with Gasteiger partial charge in [-0.1, -0.05) is 0 Å². The first-order valence-electron chi connectivity index (χ1n) is 7.52. The van der Waals surface area contributed by atoms with Crippen LogP contribution < -0.4 is 10.6 Å². The van der Waals surface area contributed by atoms with Gasteiger partial charge in [0.15, 0.2) is 0 Å². The summed E-state index contributed by atoms with van der Waals surface area (Å²) < 4.78 is 5.30. The van der Waals surface area contributed by atoms with Crippen molar-refractivity contribution < 1.29 is 23.9 Å². The van der Waals surface area contributed by atoms with Crippen LogP contribution in [0.15, 0.2) is 0 Å². The van der Waals surface area contributed by atoms with Gasteiger partial charge in [-0.3, -0.25) is 9.59 Å². The first-order valence-corrected chi connectivity index (χ1v) is 7.52. The summed E-state index contributed by atoms with van der Waals surface area (Å²) in [5.74, 6) is -0.287. The smallest absolute Gasteiger partial charge is 0.220 e. The number of hydrogen-bond acceptors (Lipinski definition) is 5. The molecule has 7 nitrogen and oxygen atoms in total. The Kier molecular flexibility index (Phi) is 11.9. The molecule has 0 heterocycles. The third kappa shape index (κ3) is 14.6. The normalized spacial score (nSPS) is 10.1. The number of carbonyl (C=O) groups is 4. The van der Waals surface area contributed by atoms with Crippen LogP contribution in [0.4, 0.5) is 0 Å². The summed E-state index contributed by atoms with van der Waals surface area (Å²) in [4.78, 5) is 44.0. The van der Waals surface area contributed by atoms with E-state index in [0.717, 1.165) is 0 Å². The molecule has 7 heteroatoms. The van der Waals surface area contributed by atoms with Gasteiger partial charge in [-0.05, 0) is 20.3 Å². The van der Waals surface area contributed by atoms with Crippen molar-refractivity contribution >= 4 is 23.4 Å². The van der Waals surface area contributed by atoms with Gasteiger partial charge >= 0.3 is 0 Å². The van der Waals surface area contributed by atoms with Crippen LogP contribution in [-0.4, -0.2) is 49.7 Å². The molecule has 0 unspecified atom stereocenters. The summed E-state index contributed by atoms with van der Waals surface area (Å²) in [5.41, 5.74) is 0. The molecular formula is C15H26N2O5. The maximum atomic E-state index is 11.3. The summed E-state index contributed by atoms with van der Waals surface area (Å²) in [6.45, 7) is 4.69. The average Bonchev–Trinajstić information content (AvgIpc) is 2.45. The van der Waals surface area contributed by atoms with Gasteiger partial charge in [0.05, 0.1) is 6.61 Å². The maximum absolute atomic E-state index is 11.3. The number of nitrogens with one attached hydrogen (secondary N) is 2. The van der Waals surface area contributed by atoms with Crippen molar-refractivity contribution in [2.24, 2.45) is 0 Å². The second-order valence-corrected chi connectivity index (χ2v) is 5.07. The van der Waals surface area contributed by atoms with Gasteiger partial charge in [-0.15, -0.1) is 0 Å². The van der Waals surface area contributed by atoms with E-state index in [4.69, 9.17) is 4.74 Å². The van der Waals surface area contributed by atoms with Gasteiger partial charge in [-0.2, -0.15) is 0 Å². The third-order valence-electron chi connectivity index (χ3n) is 2.76. The Hall–Kier alpha value is -1.76. The molecule has 126 valence electrons. The van der Waals surface area contributed by atoms with Gasteiger partial charge in [0, 0.05) is 45.4 Å². The molecule has 0 bridgehead atoms. The van der Waals surface area contributed by atoms with E-state index in [1.165, 1.54) is 13.8 Å². The number of rotatable bonds is 13. The van der Waals surface area contributed by atoms with Gasteiger partial charge in [0.1, 0.15) is 11.6 Å². The van der Waals surface area contributed by atoms with Crippen LogP contribution in [0.3, 0.4) is 0 Å². The van der Waals surface area contributed by atoms with E-state index in [1.54, 1.807) is 0 Å². The summed E-state index contributed by atoms with van der Waals surface area (Å²) in [6.07, 6.45) is 1.63. The van der Waals surface area contributed by atoms with E-state index in [2.05, 4.69) is 10.6 Å². The van der Waals surface area contributed by atoms with Gasteiger partial charge in [0.2, 0.25) is 11.8 Å². The molecule has 0 atom stereocenters. The molecule has 22 heavy (non-hydrogen) atoms. The molecule has 0 aromatic heterocycles. The summed E-state index contributed by atoms with van der Waals surface area (Å²) in [7, 11) is 0. The van der Waals surface area contributed by atoms with E-state index >= 15 is 0 Å². The predicted octanol–water partition coefficient (Wildman–Crippen LogP) is 0.364. The monoisotopic (exact) mass is 314 g/mol. The zero-order chi connectivity index (χ0) is 16.8. The SMILES string of the molecule is CC(=O)CCC(=O)NCCCOCCNC(=O)CCC(C)=O. The lowest BCUT2D eigenvalue weighted by atomic mass is 10.2. The fraction of sp³-hybridized carbons (Fsp3) is 0.733. The molecule has 2 N–H and O–H groups in total. The van der Waals surface area contributed by atoms with Crippen molar-refractivity contribution in [3.8, 4) is 0 Å². The minimum absolute atomic E-state index is 0.00301. The molecule has 0 aromatic carbocycles. The first kappa shape index (κ1) is 20.2. The Morgan fingerprint density at radius 1 is 0.727 bits per heavy atom. The molecule has 0 aliphatic carbocycles. The molecule has 0 fully saturated rings. The number of Topliss-reactive ketones (excluding diaryl/α,β-unsaturated/α-hetero) is 2. The summed E-state index contributed by atoms with van der Waals surface area (Å²) in [6, 6.07) is 0. The predicted molar refractivity (Wildman–Crippen MR) is 81.3 cm³/mol. The van der Waals surface area contributed by atoms with E-state index in [9.17, 15) is 19.2 Å². The van der Waals surface area contributed by atoms with Crippen LogP contribution in [0.1, 0.15) is 46.0 Å². The Bertz CT molecular complexity index is 346. The summed E-state index contributed by atoms with van der Waals surface area (Å²) >= 11 is 0. The largest absolute Gasteiger partial charge is 0.380 e. The highest BCUT2D eigenvalue weighted by atomic mass is 16.5. The van der Waals surface area contributed by atoms with E-state index in [0.29, 0.717) is 32.7 Å². The highest BCUT2D eigenvalue weighted by Gasteiger charge is 2.03. The van der Waals surface area contributed by atoms with Crippen LogP contribution in [-0.2, 0) is 23.9 Å². The minimum atomic E-state index is -0.156. The van der Waals surface area contributed by atoms with Crippen molar-refractivity contribution in [1.29, 1.82) is 0 Å². The van der Waals surface area contributed by atoms with Crippen molar-refractivity contribution in [1.82, 2.24) is 10.6 Å². The number of ether oxygens (including phenoxy) is 1. The Morgan fingerprint density at radius 3 is 1.73 bits per heavy atom. The number of amides is 2. The van der Waals surface area contributed by atoms with Gasteiger partial charge in [-0.25, -0.2) is 0 Å². The molecule has 0 aromatic rings. The molecule has 0 spiro atoms. The minimum Gasteiger partial charge on any atom is -0.380 e. The number of hydrogen-bond donors (Lipinski definition) is 2. The molecule has 0 aliphatic rings. The highest BCUT2D eigenvalue weighted by molar-refractivity contribution is 5.84. The Labute approximate surface area is 131 Å². The van der Waals surface area contributed by atoms with Crippen molar-refractivity contribution in [2.75, 3.05) is 26.3 Å². The quantitative estimate of drug-likeness (QED) is 0.478. The van der Waals surface area contributed by atoms with E-state index in [-0.39, 0.29) is 49.1 Å². The molecule has 0 saturated heterocycles. The van der Waals surface area contributed by atoms with Gasteiger partial charge in [0.25, 0.3) is 0 Å². The lowest BCUT2D eigenvalue weighted by molar-refractivity contribution is -0.124. The molecule has 0 saturated carbocycles. The topological polar surface area (TPSA) is 102 Å². The van der Waals surface area contributed by atoms with Crippen LogP contribution in [0.2, 0.25) is 0 Å². The Balaban J connectivity index is 3.33. The van der Waals surface area contributed by atoms with Crippen LogP contribution in [0, 0.1) is 0 Å². The van der Waals surface area contributed by atoms with Crippen LogP contribution in [0.25, 0.3) is 0 Å². The van der Waals surface area contributed by atoms with Crippen molar-refractivity contribution in [3.05, 3.63) is 0 Å². The second-order valence-electron chi connectivity index (χ2n) is 5.07. The molecule has 0 rings (SSSR count). The standard InChI is InChI=1S/C15H26N2O5/c1-12(18)4-6-14(20)16-8-3-10-22-11-9-17-15(21)7-5-13(2)19/h3-11H2,1-2H3,(H,16,20)(H,17,21). The highest BCUT2D eigenvalue weighted by Crippen LogP contribution is 1.91. The average molecular weight is 314 g/mol. The lowest BCUT2D eigenvalue weighted by Crippen LogP contribution is -2.28. The maximum Gasteiger partial charge on any atom is 0.220 e. The van der Waals surface area contributed by atoms with Crippen LogP contribution >= 0.6 is 0 Å². The zero-order valence-electron chi connectivity index (χ0n) is 13.4. The summed E-state index contributed by atoms with van der Waals surface area (Å²) in [5, 5.41) is 5.36. The Morgan fingerprint density at radius 2 is 1.23 bits per heavy atom. The zero-order valence-corrected chi connectivity index (χ0v) is 13.4. The second kappa shape index (κ2) is 12.9. The molecular weight excluding hydrogens is 288 g/mol. The third-order valence-corrected chi connectivity index (χ3v) is 2.76. The fourth-order valence-electron chi connectivity index (χ4n) is 1.52. The fourth-order valence-corrected chi connectivity index (χ4v) is 1.52. The number of carbonyl (C=O) groups excluding carboxylic acids is 4. The van der Waals surface area contributed by atoms with E-state index in [1.807, 2.05) is 0 Å². The molecule has 0 radical (unpaired) electrons. The van der Waals surface area contributed by atoms with Gasteiger partial charge < -0.3 is 25.0 Å². The van der Waals surface area contributed by atoms with Crippen molar-refractivity contribution in [2.45, 2.75) is 46.0 Å². The lowest BCUT2D eigenvalue weighted by Gasteiger charge is -2.07. The van der Waals surface area contributed by atoms with E-state index < -0.39 is 0 Å². The van der Waals surface area contributed by atoms with Crippen LogP contribution in [0.5, 0.6) is 0 Å². The first-order chi connectivity index (χ1) is 10.4.